The quantitative estimate of drug-likeness (QED) is 0.337. The first-order chi connectivity index (χ1) is 6.60. The Balaban J connectivity index is 0.00000196. The standard InChI is InChI=1S/C7H10N6O.ClH/c1-5-10-12(6(2)13(5)9)4-7(3-8)11-14;/h4,9H2,1-2H3;1H. The van der Waals surface area contributed by atoms with Crippen molar-refractivity contribution in [1.82, 2.24) is 9.78 Å². The fraction of sp³-hybridized carbons (Fsp3) is 0.429. The zero-order valence-corrected chi connectivity index (χ0v) is 9.15. The van der Waals surface area contributed by atoms with Crippen molar-refractivity contribution in [3.05, 3.63) is 27.7 Å². The molecule has 2 N–H and O–H groups in total. The molecule has 7 nitrogen and oxygen atoms in total. The molecule has 0 unspecified atom stereocenters. The Morgan fingerprint density at radius 1 is 1.73 bits per heavy atom. The van der Waals surface area contributed by atoms with Crippen molar-refractivity contribution >= 4 is 18.3 Å². The molecule has 0 aliphatic rings. The van der Waals surface area contributed by atoms with Gasteiger partial charge >= 0.3 is 0 Å². The van der Waals surface area contributed by atoms with Crippen molar-refractivity contribution in [2.45, 2.75) is 20.4 Å². The molecule has 0 radical (unpaired) electrons. The topological polar surface area (TPSA) is 99.5 Å². The Bertz CT molecular complexity index is 419. The number of aromatic nitrogens is 3. The van der Waals surface area contributed by atoms with Crippen LogP contribution in [0.2, 0.25) is 0 Å². The summed E-state index contributed by atoms with van der Waals surface area (Å²) in [7, 11) is 0. The van der Waals surface area contributed by atoms with E-state index in [1.165, 1.54) is 9.36 Å². The lowest BCUT2D eigenvalue weighted by molar-refractivity contribution is -0.652. The van der Waals surface area contributed by atoms with Gasteiger partial charge in [0.05, 0.1) is 0 Å². The lowest BCUT2D eigenvalue weighted by atomic mass is 10.5. The van der Waals surface area contributed by atoms with Crippen LogP contribution in [0.5, 0.6) is 0 Å². The summed E-state index contributed by atoms with van der Waals surface area (Å²) < 4.78 is 2.83. The summed E-state index contributed by atoms with van der Waals surface area (Å²) in [5.41, 5.74) is -0.129. The lowest BCUT2D eigenvalue weighted by Crippen LogP contribution is -2.48. The second-order valence-corrected chi connectivity index (χ2v) is 2.77. The minimum Gasteiger partial charge on any atom is -0.762 e. The summed E-state index contributed by atoms with van der Waals surface area (Å²) in [5, 5.41) is 15.1. The zero-order valence-electron chi connectivity index (χ0n) is 8.34. The molecule has 0 saturated carbocycles. The highest BCUT2D eigenvalue weighted by Gasteiger charge is 2.17. The highest BCUT2D eigenvalue weighted by Crippen LogP contribution is 1.98. The van der Waals surface area contributed by atoms with E-state index in [1.807, 2.05) is 0 Å². The first kappa shape index (κ1) is 13.3. The van der Waals surface area contributed by atoms with Crippen molar-refractivity contribution < 1.29 is 4.68 Å². The van der Waals surface area contributed by atoms with Crippen LogP contribution in [0.15, 0.2) is 10.9 Å². The maximum Gasteiger partial charge on any atom is 0.295 e. The molecule has 0 aromatic carbocycles. The number of aryl methyl sites for hydroxylation is 1. The monoisotopic (exact) mass is 230 g/mol. The molecule has 0 fully saturated rings. The minimum absolute atomic E-state index is 0. The molecular weight excluding hydrogens is 220 g/mol. The molecule has 82 valence electrons. The Morgan fingerprint density at radius 2 is 2.33 bits per heavy atom. The van der Waals surface area contributed by atoms with E-state index in [9.17, 15) is 4.91 Å². The first-order valence-electron chi connectivity index (χ1n) is 3.90. The van der Waals surface area contributed by atoms with Crippen LogP contribution in [0, 0.1) is 18.8 Å². The summed E-state index contributed by atoms with van der Waals surface area (Å²) in [6, 6.07) is 0. The number of rotatable bonds is 3. The maximum atomic E-state index is 10.2. The molecule has 1 heterocycles. The lowest BCUT2D eigenvalue weighted by Gasteiger charge is -1.93. The van der Waals surface area contributed by atoms with E-state index in [0.29, 0.717) is 11.6 Å². The van der Waals surface area contributed by atoms with Crippen LogP contribution >= 0.6 is 12.4 Å². The van der Waals surface area contributed by atoms with Crippen LogP contribution < -0.4 is 10.5 Å². The van der Waals surface area contributed by atoms with Crippen molar-refractivity contribution in [2.24, 2.45) is 5.18 Å². The van der Waals surface area contributed by atoms with Crippen LogP contribution in [-0.2, 0) is 6.54 Å². The van der Waals surface area contributed by atoms with E-state index in [2.05, 4.69) is 10.3 Å². The van der Waals surface area contributed by atoms with E-state index < -0.39 is 0 Å². The number of halogens is 1. The third kappa shape index (κ3) is 2.61. The molecule has 0 amide bonds. The molecule has 0 spiro atoms. The summed E-state index contributed by atoms with van der Waals surface area (Å²) in [6.45, 7) is 3.51. The maximum absolute atomic E-state index is 10.2. The molecule has 1 rings (SSSR count). The first-order valence-corrected chi connectivity index (χ1v) is 3.90. The van der Waals surface area contributed by atoms with Gasteiger partial charge in [-0.1, -0.05) is 0 Å². The normalized spacial score (nSPS) is 8.93. The largest absolute Gasteiger partial charge is 0.762 e. The zero-order chi connectivity index (χ0) is 10.7. The highest BCUT2D eigenvalue weighted by atomic mass is 35.5. The third-order valence-corrected chi connectivity index (χ3v) is 1.88. The minimum atomic E-state index is -0.129. The second kappa shape index (κ2) is 5.23. The fourth-order valence-corrected chi connectivity index (χ4v) is 1.03. The molecule has 1 aromatic rings. The SMILES string of the molecule is Cc1nn(CC(=C=[N-])N=O)c(C)[n+]1N.Cl. The van der Waals surface area contributed by atoms with Gasteiger partial charge in [0.2, 0.25) is 0 Å². The van der Waals surface area contributed by atoms with Gasteiger partial charge in [0.1, 0.15) is 5.70 Å². The van der Waals surface area contributed by atoms with Gasteiger partial charge < -0.3 is 5.41 Å². The Morgan fingerprint density at radius 3 is 2.67 bits per heavy atom. The number of nitrogen functional groups attached to an aromatic ring is 1. The number of nitrogens with zero attached hydrogens (tertiary/aromatic N) is 5. The smallest absolute Gasteiger partial charge is 0.295 e. The summed E-state index contributed by atoms with van der Waals surface area (Å²) >= 11 is 0. The Labute approximate surface area is 92.4 Å². The van der Waals surface area contributed by atoms with Crippen LogP contribution in [0.1, 0.15) is 11.6 Å². The molecule has 1 aromatic heterocycles. The predicted molar refractivity (Wildman–Crippen MR) is 57.0 cm³/mol. The highest BCUT2D eigenvalue weighted by molar-refractivity contribution is 5.85. The molecule has 0 bridgehead atoms. The Kier molecular flexibility index (Phi) is 4.63. The van der Waals surface area contributed by atoms with E-state index in [-0.39, 0.29) is 24.6 Å². The number of allylic oxidation sites excluding steroid dienone is 1. The molecule has 0 aliphatic carbocycles. The van der Waals surface area contributed by atoms with Gasteiger partial charge in [-0.15, -0.1) is 26.7 Å². The van der Waals surface area contributed by atoms with Crippen LogP contribution in [0.25, 0.3) is 5.41 Å². The molecular formula is C7H11ClN6O. The summed E-state index contributed by atoms with van der Waals surface area (Å²) in [5.74, 6) is 8.53. The molecule has 0 atom stereocenters. The van der Waals surface area contributed by atoms with Crippen molar-refractivity contribution in [2.75, 3.05) is 5.84 Å². The van der Waals surface area contributed by atoms with E-state index in [1.54, 1.807) is 19.7 Å². The Hall–Kier alpha value is -1.72. The third-order valence-electron chi connectivity index (χ3n) is 1.88. The van der Waals surface area contributed by atoms with Crippen LogP contribution in [0.3, 0.4) is 0 Å². The van der Waals surface area contributed by atoms with E-state index in [0.717, 1.165) is 0 Å². The average molecular weight is 231 g/mol. The number of nitrogens with two attached hydrogens (primary N) is 1. The van der Waals surface area contributed by atoms with Crippen molar-refractivity contribution in [1.29, 1.82) is 0 Å². The predicted octanol–water partition coefficient (Wildman–Crippen LogP) is -0.188. The van der Waals surface area contributed by atoms with Gasteiger partial charge in [0, 0.05) is 18.9 Å². The van der Waals surface area contributed by atoms with Gasteiger partial charge in [0.15, 0.2) is 6.54 Å². The number of hydrogen-bond acceptors (Lipinski definition) is 4. The number of hydrogen-bond donors (Lipinski definition) is 1. The molecule has 0 aliphatic heterocycles. The van der Waals surface area contributed by atoms with E-state index in [4.69, 9.17) is 11.3 Å². The van der Waals surface area contributed by atoms with Crippen LogP contribution in [-0.4, -0.2) is 15.7 Å². The van der Waals surface area contributed by atoms with Gasteiger partial charge in [-0.05, 0) is 5.18 Å². The van der Waals surface area contributed by atoms with Crippen molar-refractivity contribution in [3.63, 3.8) is 0 Å². The second-order valence-electron chi connectivity index (χ2n) is 2.77. The van der Waals surface area contributed by atoms with Gasteiger partial charge in [0.25, 0.3) is 11.6 Å². The molecule has 15 heavy (non-hydrogen) atoms. The molecule has 8 heteroatoms. The van der Waals surface area contributed by atoms with E-state index >= 15 is 0 Å². The van der Waals surface area contributed by atoms with Gasteiger partial charge in [-0.2, -0.15) is 0 Å². The van der Waals surface area contributed by atoms with Gasteiger partial charge in [-0.3, -0.25) is 5.84 Å². The van der Waals surface area contributed by atoms with Gasteiger partial charge in [-0.25, -0.2) is 5.87 Å². The molecule has 0 saturated heterocycles. The summed E-state index contributed by atoms with van der Waals surface area (Å²) in [4.78, 5) is 10.2. The van der Waals surface area contributed by atoms with Crippen LogP contribution in [0.4, 0.5) is 0 Å². The fourth-order valence-electron chi connectivity index (χ4n) is 1.03. The van der Waals surface area contributed by atoms with Crippen molar-refractivity contribution in [3.8, 4) is 0 Å². The number of nitroso groups, excluding NO2 is 1. The summed E-state index contributed by atoms with van der Waals surface area (Å²) in [6.07, 6.45) is 0. The average Bonchev–Trinajstić information content (AvgIpc) is 2.42.